The number of H-pyrrole nitrogens is 1. The third kappa shape index (κ3) is 5.88. The maximum absolute atomic E-state index is 5.47. The fraction of sp³-hybridized carbons (Fsp3) is 0.750. The first-order chi connectivity index (χ1) is 7.83. The van der Waals surface area contributed by atoms with Gasteiger partial charge >= 0.3 is 0 Å². The summed E-state index contributed by atoms with van der Waals surface area (Å²) in [6.07, 6.45) is 5.31. The molecule has 16 heavy (non-hydrogen) atoms. The van der Waals surface area contributed by atoms with Gasteiger partial charge in [-0.25, -0.2) is 4.98 Å². The molecule has 0 radical (unpaired) electrons. The van der Waals surface area contributed by atoms with Crippen LogP contribution < -0.4 is 5.32 Å². The normalized spacial score (nSPS) is 10.9. The van der Waals surface area contributed by atoms with Gasteiger partial charge in [0.1, 0.15) is 5.82 Å². The highest BCUT2D eigenvalue weighted by Gasteiger charge is 1.95. The molecule has 1 rings (SSSR count). The molecule has 1 aromatic heterocycles. The minimum atomic E-state index is 0.856. The van der Waals surface area contributed by atoms with Crippen LogP contribution in [0.1, 0.15) is 37.7 Å². The fourth-order valence-corrected chi connectivity index (χ4v) is 1.43. The molecule has 1 heterocycles. The number of hydrogen-bond donors (Lipinski definition) is 2. The van der Waals surface area contributed by atoms with Gasteiger partial charge in [-0.15, -0.1) is 0 Å². The van der Waals surface area contributed by atoms with E-state index in [0.717, 1.165) is 44.2 Å². The van der Waals surface area contributed by atoms with E-state index in [9.17, 15) is 0 Å². The number of aryl methyl sites for hydroxylation is 1. The zero-order chi connectivity index (χ0) is 11.6. The second-order valence-corrected chi connectivity index (χ2v) is 3.99. The Morgan fingerprint density at radius 2 is 2.19 bits per heavy atom. The standard InChI is InChI=1S/C12H23N3O/c1-3-4-7-16-8-5-6-13-9-12-10-14-11(2)15-12/h10,13H,3-9H2,1-2H3,(H,14,15). The van der Waals surface area contributed by atoms with E-state index < -0.39 is 0 Å². The van der Waals surface area contributed by atoms with Crippen molar-refractivity contribution in [3.05, 3.63) is 17.7 Å². The van der Waals surface area contributed by atoms with Crippen molar-refractivity contribution in [3.8, 4) is 0 Å². The molecule has 0 amide bonds. The molecule has 92 valence electrons. The maximum Gasteiger partial charge on any atom is 0.103 e. The lowest BCUT2D eigenvalue weighted by molar-refractivity contribution is 0.128. The number of aromatic amines is 1. The van der Waals surface area contributed by atoms with Crippen LogP contribution in [-0.2, 0) is 11.3 Å². The average molecular weight is 225 g/mol. The van der Waals surface area contributed by atoms with E-state index in [2.05, 4.69) is 22.2 Å². The number of ether oxygens (including phenoxy) is 1. The number of rotatable bonds is 9. The molecule has 0 spiro atoms. The molecule has 4 heteroatoms. The van der Waals surface area contributed by atoms with Crippen LogP contribution in [0.3, 0.4) is 0 Å². The predicted molar refractivity (Wildman–Crippen MR) is 65.4 cm³/mol. The molecule has 0 aromatic carbocycles. The van der Waals surface area contributed by atoms with Crippen LogP contribution in [-0.4, -0.2) is 29.7 Å². The second-order valence-electron chi connectivity index (χ2n) is 3.99. The molecule has 0 fully saturated rings. The Hall–Kier alpha value is -0.870. The van der Waals surface area contributed by atoms with Gasteiger partial charge in [0, 0.05) is 31.6 Å². The smallest absolute Gasteiger partial charge is 0.103 e. The van der Waals surface area contributed by atoms with E-state index >= 15 is 0 Å². The molecule has 0 unspecified atom stereocenters. The second kappa shape index (κ2) is 8.30. The Labute approximate surface area is 97.8 Å². The molecule has 2 N–H and O–H groups in total. The summed E-state index contributed by atoms with van der Waals surface area (Å²) in [5, 5.41) is 3.35. The van der Waals surface area contributed by atoms with E-state index in [1.165, 1.54) is 12.8 Å². The Kier molecular flexibility index (Phi) is 6.85. The number of aromatic nitrogens is 2. The van der Waals surface area contributed by atoms with Gasteiger partial charge in [0.25, 0.3) is 0 Å². The summed E-state index contributed by atoms with van der Waals surface area (Å²) in [6, 6.07) is 0. The third-order valence-electron chi connectivity index (χ3n) is 2.36. The van der Waals surface area contributed by atoms with Crippen molar-refractivity contribution >= 4 is 0 Å². The monoisotopic (exact) mass is 225 g/mol. The Balaban J connectivity index is 1.88. The molecule has 0 saturated carbocycles. The van der Waals surface area contributed by atoms with E-state index in [4.69, 9.17) is 4.74 Å². The summed E-state index contributed by atoms with van der Waals surface area (Å²) in [5.74, 6) is 0.972. The highest BCUT2D eigenvalue weighted by Crippen LogP contribution is 1.94. The van der Waals surface area contributed by atoms with Gasteiger partial charge < -0.3 is 15.0 Å². The first kappa shape index (κ1) is 13.2. The number of imidazole rings is 1. The van der Waals surface area contributed by atoms with Crippen LogP contribution in [0.15, 0.2) is 6.20 Å². The highest BCUT2D eigenvalue weighted by molar-refractivity contribution is 4.98. The van der Waals surface area contributed by atoms with Crippen molar-refractivity contribution in [3.63, 3.8) is 0 Å². The molecule has 0 aliphatic rings. The van der Waals surface area contributed by atoms with Crippen LogP contribution in [0.4, 0.5) is 0 Å². The molecular formula is C12H23N3O. The molecule has 0 saturated heterocycles. The maximum atomic E-state index is 5.47. The van der Waals surface area contributed by atoms with Crippen LogP contribution >= 0.6 is 0 Å². The molecule has 4 nitrogen and oxygen atoms in total. The summed E-state index contributed by atoms with van der Waals surface area (Å²) in [5.41, 5.74) is 1.14. The highest BCUT2D eigenvalue weighted by atomic mass is 16.5. The topological polar surface area (TPSA) is 49.9 Å². The molecule has 0 aliphatic carbocycles. The summed E-state index contributed by atoms with van der Waals surface area (Å²) in [6.45, 7) is 7.74. The third-order valence-corrected chi connectivity index (χ3v) is 2.36. The first-order valence-corrected chi connectivity index (χ1v) is 6.12. The lowest BCUT2D eigenvalue weighted by Gasteiger charge is -2.04. The van der Waals surface area contributed by atoms with E-state index in [1.807, 2.05) is 13.1 Å². The molecular weight excluding hydrogens is 202 g/mol. The van der Waals surface area contributed by atoms with Gasteiger partial charge in [0.2, 0.25) is 0 Å². The zero-order valence-corrected chi connectivity index (χ0v) is 10.4. The summed E-state index contributed by atoms with van der Waals surface area (Å²) >= 11 is 0. The SMILES string of the molecule is CCCCOCCCNCc1cnc(C)[nH]1. The van der Waals surface area contributed by atoms with E-state index in [-0.39, 0.29) is 0 Å². The Morgan fingerprint density at radius 3 is 2.88 bits per heavy atom. The quantitative estimate of drug-likeness (QED) is 0.632. The fourth-order valence-electron chi connectivity index (χ4n) is 1.43. The minimum Gasteiger partial charge on any atom is -0.381 e. The lowest BCUT2D eigenvalue weighted by Crippen LogP contribution is -2.16. The predicted octanol–water partition coefficient (Wildman–Crippen LogP) is 2.01. The van der Waals surface area contributed by atoms with Crippen molar-refractivity contribution in [2.75, 3.05) is 19.8 Å². The van der Waals surface area contributed by atoms with Crippen molar-refractivity contribution < 1.29 is 4.74 Å². The van der Waals surface area contributed by atoms with Crippen LogP contribution in [0.2, 0.25) is 0 Å². The van der Waals surface area contributed by atoms with Gasteiger partial charge in [0.05, 0.1) is 0 Å². The van der Waals surface area contributed by atoms with Gasteiger partial charge in [-0.05, 0) is 26.3 Å². The van der Waals surface area contributed by atoms with Gasteiger partial charge in [-0.3, -0.25) is 0 Å². The largest absolute Gasteiger partial charge is 0.381 e. The molecule has 0 aliphatic heterocycles. The molecule has 0 bridgehead atoms. The lowest BCUT2D eigenvalue weighted by atomic mass is 10.3. The number of nitrogens with one attached hydrogen (secondary N) is 2. The first-order valence-electron chi connectivity index (χ1n) is 6.12. The van der Waals surface area contributed by atoms with E-state index in [1.54, 1.807) is 0 Å². The van der Waals surface area contributed by atoms with Crippen LogP contribution in [0.5, 0.6) is 0 Å². The van der Waals surface area contributed by atoms with Crippen LogP contribution in [0.25, 0.3) is 0 Å². The van der Waals surface area contributed by atoms with Crippen LogP contribution in [0, 0.1) is 6.92 Å². The van der Waals surface area contributed by atoms with Gasteiger partial charge in [-0.1, -0.05) is 13.3 Å². The number of unbranched alkanes of at least 4 members (excludes halogenated alkanes) is 1. The summed E-state index contributed by atoms with van der Waals surface area (Å²) in [7, 11) is 0. The Morgan fingerprint density at radius 1 is 1.38 bits per heavy atom. The van der Waals surface area contributed by atoms with Crippen molar-refractivity contribution in [1.82, 2.24) is 15.3 Å². The van der Waals surface area contributed by atoms with E-state index in [0.29, 0.717) is 0 Å². The molecule has 0 atom stereocenters. The number of hydrogen-bond acceptors (Lipinski definition) is 3. The Bertz CT molecular complexity index is 273. The van der Waals surface area contributed by atoms with Crippen molar-refractivity contribution in [1.29, 1.82) is 0 Å². The summed E-state index contributed by atoms with van der Waals surface area (Å²) in [4.78, 5) is 7.34. The van der Waals surface area contributed by atoms with Gasteiger partial charge in [0.15, 0.2) is 0 Å². The van der Waals surface area contributed by atoms with Gasteiger partial charge in [-0.2, -0.15) is 0 Å². The zero-order valence-electron chi connectivity index (χ0n) is 10.4. The summed E-state index contributed by atoms with van der Waals surface area (Å²) < 4.78 is 5.47. The average Bonchev–Trinajstić information content (AvgIpc) is 2.68. The van der Waals surface area contributed by atoms with Crippen molar-refractivity contribution in [2.24, 2.45) is 0 Å². The van der Waals surface area contributed by atoms with Crippen molar-refractivity contribution in [2.45, 2.75) is 39.7 Å². The minimum absolute atomic E-state index is 0.856. The number of nitrogens with zero attached hydrogens (tertiary/aromatic N) is 1. The molecule has 1 aromatic rings.